The van der Waals surface area contributed by atoms with Crippen molar-refractivity contribution in [3.05, 3.63) is 99.0 Å². The lowest BCUT2D eigenvalue weighted by molar-refractivity contribution is -0.141. The van der Waals surface area contributed by atoms with E-state index in [4.69, 9.17) is 34.8 Å². The van der Waals surface area contributed by atoms with E-state index < -0.39 is 16.1 Å². The fraction of sp³-hybridized carbons (Fsp3) is 0.355. The topological polar surface area (TPSA) is 86.8 Å². The third-order valence-electron chi connectivity index (χ3n) is 6.84. The Kier molecular flexibility index (Phi) is 12.5. The van der Waals surface area contributed by atoms with Gasteiger partial charge in [-0.2, -0.15) is 0 Å². The van der Waals surface area contributed by atoms with Crippen LogP contribution in [0.1, 0.15) is 44.2 Å². The normalized spacial score (nSPS) is 12.8. The molecule has 226 valence electrons. The van der Waals surface area contributed by atoms with Crippen molar-refractivity contribution in [1.29, 1.82) is 0 Å². The van der Waals surface area contributed by atoms with Gasteiger partial charge in [-0.1, -0.05) is 84.2 Å². The first-order valence-corrected chi connectivity index (χ1v) is 16.7. The third kappa shape index (κ3) is 9.90. The summed E-state index contributed by atoms with van der Waals surface area (Å²) in [6.45, 7) is 4.05. The van der Waals surface area contributed by atoms with E-state index in [9.17, 15) is 18.0 Å². The lowest BCUT2D eigenvalue weighted by atomic mass is 10.0. The van der Waals surface area contributed by atoms with Crippen molar-refractivity contribution >= 4 is 62.3 Å². The van der Waals surface area contributed by atoms with Crippen LogP contribution < -0.4 is 9.62 Å². The minimum absolute atomic E-state index is 0.00193. The highest BCUT2D eigenvalue weighted by Gasteiger charge is 2.31. The molecule has 3 aromatic carbocycles. The largest absolute Gasteiger partial charge is 0.352 e. The molecule has 0 spiro atoms. The van der Waals surface area contributed by atoms with E-state index >= 15 is 0 Å². The van der Waals surface area contributed by atoms with Gasteiger partial charge in [0.15, 0.2) is 0 Å². The van der Waals surface area contributed by atoms with Crippen LogP contribution in [0.25, 0.3) is 0 Å². The van der Waals surface area contributed by atoms with Gasteiger partial charge in [0.25, 0.3) is 0 Å². The quantitative estimate of drug-likeness (QED) is 0.209. The highest BCUT2D eigenvalue weighted by Crippen LogP contribution is 2.31. The minimum Gasteiger partial charge on any atom is -0.352 e. The number of halogens is 3. The van der Waals surface area contributed by atoms with E-state index in [1.165, 1.54) is 12.1 Å². The Labute approximate surface area is 263 Å². The number of hydrogen-bond acceptors (Lipinski definition) is 4. The van der Waals surface area contributed by atoms with Gasteiger partial charge < -0.3 is 10.2 Å². The van der Waals surface area contributed by atoms with Gasteiger partial charge in [-0.3, -0.25) is 13.9 Å². The van der Waals surface area contributed by atoms with Gasteiger partial charge in [0.1, 0.15) is 6.04 Å². The molecule has 42 heavy (non-hydrogen) atoms. The summed E-state index contributed by atoms with van der Waals surface area (Å²) < 4.78 is 26.5. The zero-order valence-electron chi connectivity index (χ0n) is 23.9. The van der Waals surface area contributed by atoms with Crippen molar-refractivity contribution in [2.45, 2.75) is 58.2 Å². The van der Waals surface area contributed by atoms with Gasteiger partial charge in [-0.05, 0) is 61.2 Å². The molecule has 1 N–H and O–H groups in total. The number of sulfonamides is 1. The smallest absolute Gasteiger partial charge is 0.243 e. The van der Waals surface area contributed by atoms with Crippen LogP contribution in [0.5, 0.6) is 0 Å². The van der Waals surface area contributed by atoms with E-state index in [1.807, 2.05) is 50.2 Å². The molecule has 3 rings (SSSR count). The van der Waals surface area contributed by atoms with Crippen molar-refractivity contribution < 1.29 is 18.0 Å². The Morgan fingerprint density at radius 3 is 2.21 bits per heavy atom. The molecule has 3 aromatic rings. The molecule has 0 bridgehead atoms. The monoisotopic (exact) mass is 651 g/mol. The first kappa shape index (κ1) is 33.7. The predicted octanol–water partition coefficient (Wildman–Crippen LogP) is 6.75. The van der Waals surface area contributed by atoms with Crippen molar-refractivity contribution in [3.8, 4) is 0 Å². The number of anilines is 1. The van der Waals surface area contributed by atoms with Crippen LogP contribution >= 0.6 is 34.8 Å². The van der Waals surface area contributed by atoms with E-state index in [0.29, 0.717) is 16.5 Å². The maximum Gasteiger partial charge on any atom is 0.243 e. The highest BCUT2D eigenvalue weighted by atomic mass is 35.5. The summed E-state index contributed by atoms with van der Waals surface area (Å²) in [5.74, 6) is -0.548. The molecule has 0 saturated heterocycles. The molecule has 2 atom stereocenters. The second kappa shape index (κ2) is 15.6. The van der Waals surface area contributed by atoms with Crippen LogP contribution in [-0.2, 0) is 32.6 Å². The molecule has 0 saturated carbocycles. The zero-order valence-corrected chi connectivity index (χ0v) is 27.0. The van der Waals surface area contributed by atoms with Crippen molar-refractivity contribution in [1.82, 2.24) is 10.2 Å². The van der Waals surface area contributed by atoms with Gasteiger partial charge >= 0.3 is 0 Å². The van der Waals surface area contributed by atoms with Gasteiger partial charge in [0.2, 0.25) is 21.8 Å². The van der Waals surface area contributed by atoms with Crippen LogP contribution in [0.15, 0.2) is 72.8 Å². The number of hydrogen-bond donors (Lipinski definition) is 1. The zero-order chi connectivity index (χ0) is 30.9. The lowest BCUT2D eigenvalue weighted by Crippen LogP contribution is -2.52. The molecule has 0 heterocycles. The molecule has 0 fully saturated rings. The summed E-state index contributed by atoms with van der Waals surface area (Å²) in [4.78, 5) is 29.1. The van der Waals surface area contributed by atoms with E-state index in [0.717, 1.165) is 28.1 Å². The standard InChI is InChI=1S/C31H36Cl3N3O4S/c1-4-22(2)35-31(39)29(19-23-10-6-5-7-11-23)36(21-24-12-8-13-25(32)18-24)30(38)14-9-17-37(42(3,40)41)28-20-26(33)15-16-27(28)34/h5-8,10-13,15-16,18,20,22,29H,4,9,14,17,19,21H2,1-3H3,(H,35,39)/t22-,29-/m0/s1. The molecule has 0 aromatic heterocycles. The summed E-state index contributed by atoms with van der Waals surface area (Å²) in [6.07, 6.45) is 2.30. The number of carbonyl (C=O) groups excluding carboxylic acids is 2. The van der Waals surface area contributed by atoms with E-state index in [2.05, 4.69) is 5.32 Å². The van der Waals surface area contributed by atoms with Crippen LogP contribution in [0.4, 0.5) is 5.69 Å². The summed E-state index contributed by atoms with van der Waals surface area (Å²) in [5.41, 5.74) is 1.92. The number of nitrogens with zero attached hydrogens (tertiary/aromatic N) is 2. The molecule has 2 amide bonds. The molecule has 0 aliphatic heterocycles. The van der Waals surface area contributed by atoms with Crippen LogP contribution in [0, 0.1) is 0 Å². The van der Waals surface area contributed by atoms with Gasteiger partial charge in [0.05, 0.1) is 17.0 Å². The van der Waals surface area contributed by atoms with E-state index in [-0.39, 0.29) is 54.5 Å². The van der Waals surface area contributed by atoms with Crippen molar-refractivity contribution in [2.75, 3.05) is 17.1 Å². The molecule has 7 nitrogen and oxygen atoms in total. The Morgan fingerprint density at radius 1 is 0.905 bits per heavy atom. The van der Waals surface area contributed by atoms with Crippen LogP contribution in [0.3, 0.4) is 0 Å². The van der Waals surface area contributed by atoms with Crippen LogP contribution in [-0.4, -0.2) is 50.0 Å². The fourth-order valence-electron chi connectivity index (χ4n) is 4.49. The predicted molar refractivity (Wildman–Crippen MR) is 172 cm³/mol. The SMILES string of the molecule is CC[C@H](C)NC(=O)[C@H](Cc1ccccc1)N(Cc1cccc(Cl)c1)C(=O)CCCN(c1cc(Cl)ccc1Cl)S(C)(=O)=O. The summed E-state index contributed by atoms with van der Waals surface area (Å²) in [6, 6.07) is 20.4. The third-order valence-corrected chi connectivity index (χ3v) is 8.81. The molecular weight excluding hydrogens is 617 g/mol. The number of carbonyl (C=O) groups is 2. The summed E-state index contributed by atoms with van der Waals surface area (Å²) >= 11 is 18.7. The minimum atomic E-state index is -3.73. The first-order valence-electron chi connectivity index (χ1n) is 13.7. The highest BCUT2D eigenvalue weighted by molar-refractivity contribution is 7.92. The Hall–Kier alpha value is -2.78. The average molecular weight is 653 g/mol. The first-order chi connectivity index (χ1) is 19.9. The van der Waals surface area contributed by atoms with Gasteiger partial charge in [-0.25, -0.2) is 8.42 Å². The second-order valence-corrected chi connectivity index (χ2v) is 13.4. The van der Waals surface area contributed by atoms with Gasteiger partial charge in [0, 0.05) is 42.0 Å². The molecule has 0 aliphatic rings. The number of benzene rings is 3. The summed E-state index contributed by atoms with van der Waals surface area (Å²) in [7, 11) is -3.73. The maximum atomic E-state index is 13.9. The Morgan fingerprint density at radius 2 is 1.57 bits per heavy atom. The number of nitrogens with one attached hydrogen (secondary N) is 1. The number of amides is 2. The Bertz CT molecular complexity index is 1470. The summed E-state index contributed by atoms with van der Waals surface area (Å²) in [5, 5.41) is 4.12. The number of rotatable bonds is 14. The molecular formula is C31H36Cl3N3O4S. The van der Waals surface area contributed by atoms with Crippen LogP contribution in [0.2, 0.25) is 15.1 Å². The maximum absolute atomic E-state index is 13.9. The Balaban J connectivity index is 1.91. The van der Waals surface area contributed by atoms with E-state index in [1.54, 1.807) is 29.2 Å². The molecule has 0 aliphatic carbocycles. The van der Waals surface area contributed by atoms with Crippen molar-refractivity contribution in [3.63, 3.8) is 0 Å². The van der Waals surface area contributed by atoms with Crippen molar-refractivity contribution in [2.24, 2.45) is 0 Å². The molecule has 0 unspecified atom stereocenters. The molecule has 0 radical (unpaired) electrons. The lowest BCUT2D eigenvalue weighted by Gasteiger charge is -2.33. The fourth-order valence-corrected chi connectivity index (χ4v) is 6.10. The van der Waals surface area contributed by atoms with Gasteiger partial charge in [-0.15, -0.1) is 0 Å². The average Bonchev–Trinajstić information content (AvgIpc) is 2.94. The molecule has 11 heteroatoms. The second-order valence-electron chi connectivity index (χ2n) is 10.2.